The average molecular weight is 268 g/mol. The molecule has 3 nitrogen and oxygen atoms in total. The minimum Gasteiger partial charge on any atom is -0.465 e. The summed E-state index contributed by atoms with van der Waals surface area (Å²) in [5.74, 6) is -0.459. The first-order valence-electron chi connectivity index (χ1n) is 4.94. The van der Waals surface area contributed by atoms with Gasteiger partial charge in [0.15, 0.2) is 5.15 Å². The largest absolute Gasteiger partial charge is 0.465 e. The lowest BCUT2D eigenvalue weighted by atomic mass is 10.1. The molecule has 0 N–H and O–H groups in total. The van der Waals surface area contributed by atoms with Crippen molar-refractivity contribution in [1.29, 1.82) is 0 Å². The molecule has 1 aromatic heterocycles. The third-order valence-corrected chi connectivity index (χ3v) is 3.62. The first-order valence-corrected chi connectivity index (χ1v) is 6.09. The Morgan fingerprint density at radius 2 is 2.00 bits per heavy atom. The van der Waals surface area contributed by atoms with Gasteiger partial charge in [-0.25, -0.2) is 4.79 Å². The van der Waals surface area contributed by atoms with Crippen LogP contribution in [0.4, 0.5) is 0 Å². The highest BCUT2D eigenvalue weighted by atomic mass is 35.5. The van der Waals surface area contributed by atoms with Crippen molar-refractivity contribution >= 4 is 29.1 Å². The second-order valence-corrected chi connectivity index (χ2v) is 4.67. The van der Waals surface area contributed by atoms with Gasteiger partial charge in [-0.15, -0.1) is 0 Å². The van der Waals surface area contributed by atoms with Crippen molar-refractivity contribution < 1.29 is 9.53 Å². The summed E-state index contributed by atoms with van der Waals surface area (Å²) in [6, 6.07) is 7.82. The first kappa shape index (κ1) is 12.1. The Balaban J connectivity index is 2.52. The number of hydrogen-bond donors (Lipinski definition) is 0. The lowest BCUT2D eigenvalue weighted by Crippen LogP contribution is -2.01. The van der Waals surface area contributed by atoms with Crippen LogP contribution in [0.2, 0.25) is 5.15 Å². The maximum atomic E-state index is 11.6. The van der Waals surface area contributed by atoms with Gasteiger partial charge in [-0.05, 0) is 24.0 Å². The number of aryl methyl sites for hydroxylation is 1. The molecule has 0 aliphatic rings. The lowest BCUT2D eigenvalue weighted by molar-refractivity contribution is 0.0602. The van der Waals surface area contributed by atoms with Crippen LogP contribution < -0.4 is 0 Å². The van der Waals surface area contributed by atoms with Gasteiger partial charge in [0.25, 0.3) is 0 Å². The monoisotopic (exact) mass is 267 g/mol. The van der Waals surface area contributed by atoms with Crippen LogP contribution in [0, 0.1) is 6.92 Å². The Morgan fingerprint density at radius 1 is 1.35 bits per heavy atom. The van der Waals surface area contributed by atoms with E-state index in [0.29, 0.717) is 5.56 Å². The fourth-order valence-corrected chi connectivity index (χ4v) is 2.56. The van der Waals surface area contributed by atoms with Gasteiger partial charge >= 0.3 is 5.97 Å². The predicted octanol–water partition coefficient (Wildman–Crippen LogP) is 3.56. The molecule has 1 heterocycles. The number of rotatable bonds is 2. The Hall–Kier alpha value is -1.39. The summed E-state index contributed by atoms with van der Waals surface area (Å²) in [4.78, 5) is 12.4. The van der Waals surface area contributed by atoms with E-state index >= 15 is 0 Å². The molecule has 0 spiro atoms. The van der Waals surface area contributed by atoms with Crippen molar-refractivity contribution in [2.45, 2.75) is 6.92 Å². The van der Waals surface area contributed by atoms with Crippen molar-refractivity contribution in [3.63, 3.8) is 0 Å². The Morgan fingerprint density at radius 3 is 2.59 bits per heavy atom. The molecular weight excluding hydrogens is 258 g/mol. The van der Waals surface area contributed by atoms with Gasteiger partial charge in [0, 0.05) is 0 Å². The van der Waals surface area contributed by atoms with E-state index in [2.05, 4.69) is 4.37 Å². The molecular formula is C12H10ClNO2S. The van der Waals surface area contributed by atoms with Crippen molar-refractivity contribution in [2.24, 2.45) is 0 Å². The second-order valence-electron chi connectivity index (χ2n) is 3.54. The van der Waals surface area contributed by atoms with E-state index in [9.17, 15) is 4.79 Å². The number of methoxy groups -OCH3 is 1. The van der Waals surface area contributed by atoms with Crippen LogP contribution in [0.1, 0.15) is 15.9 Å². The van der Waals surface area contributed by atoms with E-state index < -0.39 is 5.97 Å². The molecule has 5 heteroatoms. The summed E-state index contributed by atoms with van der Waals surface area (Å²) in [6.07, 6.45) is 0. The summed E-state index contributed by atoms with van der Waals surface area (Å²) in [6.45, 7) is 2.00. The average Bonchev–Trinajstić information content (AvgIpc) is 2.71. The number of ether oxygens (including phenoxy) is 1. The maximum Gasteiger partial charge on any atom is 0.342 e. The topological polar surface area (TPSA) is 39.2 Å². The number of aromatic nitrogens is 1. The van der Waals surface area contributed by atoms with E-state index in [-0.39, 0.29) is 5.15 Å². The quantitative estimate of drug-likeness (QED) is 0.781. The van der Waals surface area contributed by atoms with Crippen molar-refractivity contribution in [2.75, 3.05) is 7.11 Å². The molecule has 0 radical (unpaired) electrons. The van der Waals surface area contributed by atoms with Crippen LogP contribution in [0.3, 0.4) is 0 Å². The molecule has 1 aromatic carbocycles. The van der Waals surface area contributed by atoms with Gasteiger partial charge in [-0.2, -0.15) is 4.37 Å². The molecule has 2 aromatic rings. The number of hydrogen-bond acceptors (Lipinski definition) is 4. The number of carbonyl (C=O) groups is 1. The highest BCUT2D eigenvalue weighted by Gasteiger charge is 2.21. The minimum absolute atomic E-state index is 0.192. The van der Waals surface area contributed by atoms with Crippen LogP contribution in [0.25, 0.3) is 10.4 Å². The zero-order valence-corrected chi connectivity index (χ0v) is 10.9. The maximum absolute atomic E-state index is 11.6. The van der Waals surface area contributed by atoms with Crippen molar-refractivity contribution in [3.8, 4) is 10.4 Å². The molecule has 0 aliphatic carbocycles. The van der Waals surface area contributed by atoms with Gasteiger partial charge < -0.3 is 4.74 Å². The van der Waals surface area contributed by atoms with Crippen LogP contribution in [-0.2, 0) is 4.74 Å². The van der Waals surface area contributed by atoms with E-state index in [1.165, 1.54) is 18.6 Å². The Bertz CT molecular complexity index is 548. The standard InChI is InChI=1S/C12H10ClNO2S/c1-7-3-5-8(6-4-7)10-9(12(15)16-2)11(13)14-17-10/h3-6H,1-2H3. The molecule has 88 valence electrons. The molecule has 2 rings (SSSR count). The fourth-order valence-electron chi connectivity index (χ4n) is 1.45. The summed E-state index contributed by atoms with van der Waals surface area (Å²) >= 11 is 7.09. The first-order chi connectivity index (χ1) is 8.13. The van der Waals surface area contributed by atoms with Crippen LogP contribution in [0.5, 0.6) is 0 Å². The molecule has 0 fully saturated rings. The fraction of sp³-hybridized carbons (Fsp3) is 0.167. The Labute approximate surface area is 108 Å². The van der Waals surface area contributed by atoms with Gasteiger partial charge in [-0.1, -0.05) is 41.4 Å². The third-order valence-electron chi connectivity index (χ3n) is 2.35. The molecule has 0 atom stereocenters. The summed E-state index contributed by atoms with van der Waals surface area (Å²) in [7, 11) is 1.33. The molecule has 0 saturated heterocycles. The molecule has 0 amide bonds. The summed E-state index contributed by atoms with van der Waals surface area (Å²) in [5, 5.41) is 0.192. The van der Waals surface area contributed by atoms with Crippen LogP contribution in [-0.4, -0.2) is 17.5 Å². The van der Waals surface area contributed by atoms with Gasteiger partial charge in [0.05, 0.1) is 12.0 Å². The van der Waals surface area contributed by atoms with Crippen LogP contribution >= 0.6 is 23.1 Å². The summed E-state index contributed by atoms with van der Waals surface area (Å²) < 4.78 is 8.70. The SMILES string of the molecule is COC(=O)c1c(Cl)nsc1-c1ccc(C)cc1. The smallest absolute Gasteiger partial charge is 0.342 e. The molecule has 17 heavy (non-hydrogen) atoms. The normalized spacial score (nSPS) is 10.3. The number of carbonyl (C=O) groups excluding carboxylic acids is 1. The zero-order valence-electron chi connectivity index (χ0n) is 9.36. The summed E-state index contributed by atoms with van der Waals surface area (Å²) in [5.41, 5.74) is 2.41. The van der Waals surface area contributed by atoms with E-state index in [1.54, 1.807) is 0 Å². The van der Waals surface area contributed by atoms with Gasteiger partial charge in [0.2, 0.25) is 0 Å². The third kappa shape index (κ3) is 2.33. The van der Waals surface area contributed by atoms with Gasteiger partial charge in [0.1, 0.15) is 5.56 Å². The molecule has 0 bridgehead atoms. The molecule has 0 unspecified atom stereocenters. The minimum atomic E-state index is -0.459. The number of esters is 1. The van der Waals surface area contributed by atoms with Crippen molar-refractivity contribution in [1.82, 2.24) is 4.37 Å². The zero-order chi connectivity index (χ0) is 12.4. The van der Waals surface area contributed by atoms with E-state index in [1.807, 2.05) is 31.2 Å². The van der Waals surface area contributed by atoms with E-state index in [0.717, 1.165) is 16.0 Å². The Kier molecular flexibility index (Phi) is 3.45. The van der Waals surface area contributed by atoms with Crippen LogP contribution in [0.15, 0.2) is 24.3 Å². The molecule has 0 aliphatic heterocycles. The second kappa shape index (κ2) is 4.85. The van der Waals surface area contributed by atoms with Gasteiger partial charge in [-0.3, -0.25) is 0 Å². The number of nitrogens with zero attached hydrogens (tertiary/aromatic N) is 1. The van der Waals surface area contributed by atoms with E-state index in [4.69, 9.17) is 16.3 Å². The number of benzene rings is 1. The van der Waals surface area contributed by atoms with Crippen molar-refractivity contribution in [3.05, 3.63) is 40.5 Å². The highest BCUT2D eigenvalue weighted by Crippen LogP contribution is 2.33. The number of halogens is 1. The molecule has 0 saturated carbocycles. The lowest BCUT2D eigenvalue weighted by Gasteiger charge is -2.02. The highest BCUT2D eigenvalue weighted by molar-refractivity contribution is 7.10. The predicted molar refractivity (Wildman–Crippen MR) is 68.6 cm³/mol.